The normalized spacial score (nSPS) is 17.0. The molecule has 2 heterocycles. The molecular weight excluding hydrogens is 476 g/mol. The number of piperidine rings is 1. The molecular formula is C27H32N4O4S. The number of sulfonamides is 1. The summed E-state index contributed by atoms with van der Waals surface area (Å²) in [6.07, 6.45) is 3.28. The fraction of sp³-hybridized carbons (Fsp3) is 0.407. The Balaban J connectivity index is 1.61. The van der Waals surface area contributed by atoms with Crippen LogP contribution in [0.5, 0.6) is 0 Å². The third-order valence-corrected chi connectivity index (χ3v) is 8.51. The molecule has 36 heavy (non-hydrogen) atoms. The fourth-order valence-corrected chi connectivity index (χ4v) is 5.95. The molecule has 1 saturated heterocycles. The average Bonchev–Trinajstić information content (AvgIpc) is 2.87. The van der Waals surface area contributed by atoms with Gasteiger partial charge in [0.25, 0.3) is 5.56 Å². The summed E-state index contributed by atoms with van der Waals surface area (Å²) < 4.78 is 26.4. The molecule has 1 aliphatic rings. The molecule has 0 aliphatic carbocycles. The van der Waals surface area contributed by atoms with E-state index in [0.717, 1.165) is 29.5 Å². The first kappa shape index (κ1) is 25.9. The second-order valence-electron chi connectivity index (χ2n) is 9.59. The van der Waals surface area contributed by atoms with Crippen molar-refractivity contribution in [1.82, 2.24) is 14.1 Å². The first-order valence-electron chi connectivity index (χ1n) is 12.1. The Morgan fingerprint density at radius 2 is 1.69 bits per heavy atom. The van der Waals surface area contributed by atoms with Gasteiger partial charge in [-0.2, -0.15) is 10.0 Å². The molecule has 2 aromatic carbocycles. The molecule has 0 radical (unpaired) electrons. The summed E-state index contributed by atoms with van der Waals surface area (Å²) in [6.45, 7) is 3.13. The van der Waals surface area contributed by atoms with Crippen LogP contribution in [0.4, 0.5) is 0 Å². The van der Waals surface area contributed by atoms with Crippen molar-refractivity contribution in [1.29, 1.82) is 0 Å². The number of hydrogen-bond donors (Lipinski definition) is 0. The monoisotopic (exact) mass is 508 g/mol. The van der Waals surface area contributed by atoms with Crippen LogP contribution in [0.3, 0.4) is 0 Å². The molecule has 0 saturated carbocycles. The van der Waals surface area contributed by atoms with Gasteiger partial charge < -0.3 is 0 Å². The van der Waals surface area contributed by atoms with Gasteiger partial charge in [-0.15, -0.1) is 0 Å². The third kappa shape index (κ3) is 5.79. The standard InChI is InChI=1S/C27H32N4O4S/c1-19-6-4-5-7-23(19)24(18-26(29-33)25-12-13-27(32)30(2)28-25)22-10-8-20(9-11-22)21-14-16-31(17-15-21)36(3,34)35/h4-13,21,24,26H,14-18H2,1-3H3/t24-,26?/m1/s1. The van der Waals surface area contributed by atoms with Gasteiger partial charge in [0.15, 0.2) is 0 Å². The van der Waals surface area contributed by atoms with Crippen LogP contribution in [0, 0.1) is 11.8 Å². The Bertz CT molecular complexity index is 1380. The molecule has 1 unspecified atom stereocenters. The van der Waals surface area contributed by atoms with E-state index in [-0.39, 0.29) is 11.5 Å². The van der Waals surface area contributed by atoms with Crippen LogP contribution in [0.15, 0.2) is 70.6 Å². The van der Waals surface area contributed by atoms with Gasteiger partial charge in [-0.05, 0) is 60.4 Å². The topological polar surface area (TPSA) is 102 Å². The highest BCUT2D eigenvalue weighted by atomic mass is 32.2. The van der Waals surface area contributed by atoms with Crippen molar-refractivity contribution >= 4 is 10.0 Å². The van der Waals surface area contributed by atoms with Gasteiger partial charge >= 0.3 is 0 Å². The highest BCUT2D eigenvalue weighted by molar-refractivity contribution is 7.88. The van der Waals surface area contributed by atoms with Crippen LogP contribution >= 0.6 is 0 Å². The Labute approximate surface area is 212 Å². The molecule has 0 bridgehead atoms. The lowest BCUT2D eigenvalue weighted by molar-refractivity contribution is 0.321. The van der Waals surface area contributed by atoms with E-state index in [0.29, 0.717) is 31.1 Å². The average molecular weight is 509 g/mol. The Kier molecular flexibility index (Phi) is 7.80. The quantitative estimate of drug-likeness (QED) is 0.423. The number of benzene rings is 2. The number of nitrogens with zero attached hydrogens (tertiary/aromatic N) is 4. The molecule has 0 spiro atoms. The van der Waals surface area contributed by atoms with E-state index in [1.54, 1.807) is 17.4 Å². The summed E-state index contributed by atoms with van der Waals surface area (Å²) in [7, 11) is -1.59. The van der Waals surface area contributed by atoms with Crippen LogP contribution in [0.25, 0.3) is 0 Å². The molecule has 1 aromatic heterocycles. The predicted octanol–water partition coefficient (Wildman–Crippen LogP) is 4.26. The van der Waals surface area contributed by atoms with Gasteiger partial charge in [0.1, 0.15) is 6.04 Å². The first-order chi connectivity index (χ1) is 17.2. The maximum atomic E-state index is 11.9. The molecule has 0 N–H and O–H groups in total. The van der Waals surface area contributed by atoms with E-state index in [4.69, 9.17) is 0 Å². The van der Waals surface area contributed by atoms with Crippen LogP contribution < -0.4 is 5.56 Å². The number of hydrogen-bond acceptors (Lipinski definition) is 6. The van der Waals surface area contributed by atoms with Gasteiger partial charge in [0.05, 0.1) is 11.9 Å². The lowest BCUT2D eigenvalue weighted by Crippen LogP contribution is -2.37. The molecule has 9 heteroatoms. The number of nitroso groups, excluding NO2 is 1. The SMILES string of the molecule is Cc1ccccc1[C@H](CC(N=O)c1ccc(=O)n(C)n1)c1ccc(C2CCN(S(C)(=O)=O)CC2)cc1. The summed E-state index contributed by atoms with van der Waals surface area (Å²) in [6, 6.07) is 18.8. The van der Waals surface area contributed by atoms with Crippen LogP contribution in [0.1, 0.15) is 65.1 Å². The van der Waals surface area contributed by atoms with Crippen LogP contribution in [-0.2, 0) is 17.1 Å². The molecule has 190 valence electrons. The van der Waals surface area contributed by atoms with Crippen molar-refractivity contribution in [3.63, 3.8) is 0 Å². The lowest BCUT2D eigenvalue weighted by atomic mass is 9.82. The second-order valence-corrected chi connectivity index (χ2v) is 11.6. The first-order valence-corrected chi connectivity index (χ1v) is 14.0. The molecule has 2 atom stereocenters. The Morgan fingerprint density at radius 1 is 1.03 bits per heavy atom. The minimum Gasteiger partial charge on any atom is -0.268 e. The predicted molar refractivity (Wildman–Crippen MR) is 140 cm³/mol. The zero-order valence-corrected chi connectivity index (χ0v) is 21.7. The zero-order valence-electron chi connectivity index (χ0n) is 20.9. The largest absolute Gasteiger partial charge is 0.268 e. The van der Waals surface area contributed by atoms with E-state index >= 15 is 0 Å². The lowest BCUT2D eigenvalue weighted by Gasteiger charge is -2.30. The maximum absolute atomic E-state index is 11.9. The molecule has 0 amide bonds. The zero-order chi connectivity index (χ0) is 25.9. The van der Waals surface area contributed by atoms with E-state index in [1.165, 1.54) is 22.6 Å². The smallest absolute Gasteiger partial charge is 0.266 e. The molecule has 4 rings (SSSR count). The Hall–Kier alpha value is -3.17. The van der Waals surface area contributed by atoms with Crippen LogP contribution in [-0.4, -0.2) is 41.8 Å². The summed E-state index contributed by atoms with van der Waals surface area (Å²) in [4.78, 5) is 23.7. The fourth-order valence-electron chi connectivity index (χ4n) is 5.08. The van der Waals surface area contributed by atoms with Gasteiger partial charge in [0.2, 0.25) is 10.0 Å². The maximum Gasteiger partial charge on any atom is 0.266 e. The van der Waals surface area contributed by atoms with Gasteiger partial charge in [-0.3, -0.25) is 4.79 Å². The van der Waals surface area contributed by atoms with Gasteiger partial charge in [0, 0.05) is 32.1 Å². The van der Waals surface area contributed by atoms with Crippen LogP contribution in [0.2, 0.25) is 0 Å². The van der Waals surface area contributed by atoms with Gasteiger partial charge in [-0.1, -0.05) is 53.7 Å². The van der Waals surface area contributed by atoms with Crippen molar-refractivity contribution in [3.05, 3.63) is 104 Å². The number of aryl methyl sites for hydroxylation is 2. The van der Waals surface area contributed by atoms with Crippen molar-refractivity contribution in [2.24, 2.45) is 12.2 Å². The summed E-state index contributed by atoms with van der Waals surface area (Å²) in [5.41, 5.74) is 4.74. The molecule has 1 aliphatic heterocycles. The third-order valence-electron chi connectivity index (χ3n) is 7.21. The minimum atomic E-state index is -3.15. The van der Waals surface area contributed by atoms with E-state index in [2.05, 4.69) is 53.6 Å². The van der Waals surface area contributed by atoms with Gasteiger partial charge in [-0.25, -0.2) is 17.4 Å². The number of aromatic nitrogens is 2. The van der Waals surface area contributed by atoms with E-state index in [9.17, 15) is 18.1 Å². The summed E-state index contributed by atoms with van der Waals surface area (Å²) in [5, 5.41) is 7.65. The molecule has 3 aromatic rings. The molecule has 1 fully saturated rings. The van der Waals surface area contributed by atoms with E-state index < -0.39 is 16.1 Å². The molecule has 8 nitrogen and oxygen atoms in total. The van der Waals surface area contributed by atoms with Crippen molar-refractivity contribution in [2.45, 2.75) is 44.1 Å². The highest BCUT2D eigenvalue weighted by Crippen LogP contribution is 2.37. The summed E-state index contributed by atoms with van der Waals surface area (Å²) in [5.74, 6) is 0.224. The van der Waals surface area contributed by atoms with Crippen molar-refractivity contribution in [2.75, 3.05) is 19.3 Å². The summed E-state index contributed by atoms with van der Waals surface area (Å²) >= 11 is 0. The van der Waals surface area contributed by atoms with E-state index in [1.807, 2.05) is 12.1 Å². The van der Waals surface area contributed by atoms with Crippen molar-refractivity contribution in [3.8, 4) is 0 Å². The Morgan fingerprint density at radius 3 is 2.28 bits per heavy atom. The minimum absolute atomic E-state index is 0.0888. The number of rotatable bonds is 8. The highest BCUT2D eigenvalue weighted by Gasteiger charge is 2.27. The second kappa shape index (κ2) is 10.8. The van der Waals surface area contributed by atoms with Crippen molar-refractivity contribution < 1.29 is 8.42 Å².